The number of nitrogens with two attached hydrogens (primary N) is 1. The fourth-order valence-corrected chi connectivity index (χ4v) is 2.78. The number of H-pyrrole nitrogens is 1. The van der Waals surface area contributed by atoms with Crippen molar-refractivity contribution in [2.45, 2.75) is 19.6 Å². The van der Waals surface area contributed by atoms with Crippen LogP contribution in [-0.2, 0) is 0 Å². The molecule has 0 aliphatic carbocycles. The molecule has 0 unspecified atom stereocenters. The Hall–Kier alpha value is -1.43. The van der Waals surface area contributed by atoms with Crippen LogP contribution >= 0.6 is 0 Å². The molecule has 0 fully saturated rings. The van der Waals surface area contributed by atoms with Gasteiger partial charge in [-0.15, -0.1) is 0 Å². The van der Waals surface area contributed by atoms with Crippen LogP contribution in [-0.4, -0.2) is 28.0 Å². The number of nitrogens with one attached hydrogen (secondary N) is 1. The minimum Gasteiger partial charge on any atom is -0.368 e. The number of fused-ring (bicyclic) bond motifs is 1. The molecule has 0 radical (unpaired) electrons. The second kappa shape index (κ2) is 2.78. The normalized spacial score (nSPS) is 12.2. The topological polar surface area (TPSA) is 80.5 Å². The molecule has 0 atom stereocenters. The van der Waals surface area contributed by atoms with Gasteiger partial charge in [-0.25, -0.2) is 9.97 Å². The first-order valence-corrected chi connectivity index (χ1v) is 7.95. The second-order valence-corrected chi connectivity index (χ2v) is 9.26. The van der Waals surface area contributed by atoms with E-state index in [1.807, 2.05) is 0 Å². The van der Waals surface area contributed by atoms with E-state index >= 15 is 0 Å². The van der Waals surface area contributed by atoms with Crippen molar-refractivity contribution >= 4 is 30.5 Å². The molecule has 0 saturated carbocycles. The van der Waals surface area contributed by atoms with Crippen LogP contribution in [0.25, 0.3) is 11.2 Å². The van der Waals surface area contributed by atoms with E-state index in [1.165, 1.54) is 0 Å². The highest BCUT2D eigenvalue weighted by atomic mass is 28.3. The van der Waals surface area contributed by atoms with Gasteiger partial charge in [-0.3, -0.25) is 0 Å². The molecule has 0 amide bonds. The average molecular weight is 207 g/mol. The van der Waals surface area contributed by atoms with Gasteiger partial charge in [0.05, 0.1) is 11.6 Å². The Labute approximate surface area is 82.8 Å². The van der Waals surface area contributed by atoms with Crippen molar-refractivity contribution in [3.8, 4) is 0 Å². The van der Waals surface area contributed by atoms with Gasteiger partial charge in [0.15, 0.2) is 5.65 Å². The zero-order valence-electron chi connectivity index (χ0n) is 8.50. The van der Waals surface area contributed by atoms with Gasteiger partial charge < -0.3 is 10.7 Å². The highest BCUT2D eigenvalue weighted by molar-refractivity contribution is 6.89. The Balaban J connectivity index is 2.80. The van der Waals surface area contributed by atoms with Crippen molar-refractivity contribution < 1.29 is 0 Å². The molecule has 6 heteroatoms. The van der Waals surface area contributed by atoms with Crippen LogP contribution < -0.4 is 11.1 Å². The molecule has 74 valence electrons. The van der Waals surface area contributed by atoms with Crippen LogP contribution in [0.2, 0.25) is 19.6 Å². The fourth-order valence-electron chi connectivity index (χ4n) is 1.39. The van der Waals surface area contributed by atoms with Crippen molar-refractivity contribution in [3.63, 3.8) is 0 Å². The maximum Gasteiger partial charge on any atom is 0.222 e. The number of hydrogen-bond donors (Lipinski definition) is 2. The zero-order chi connectivity index (χ0) is 10.3. The number of anilines is 1. The molecule has 2 heterocycles. The molecule has 0 bridgehead atoms. The second-order valence-electron chi connectivity index (χ2n) is 4.28. The van der Waals surface area contributed by atoms with Gasteiger partial charge in [0.1, 0.15) is 13.6 Å². The number of aromatic amines is 1. The van der Waals surface area contributed by atoms with Crippen LogP contribution in [0.15, 0.2) is 6.33 Å². The predicted octanol–water partition coefficient (Wildman–Crippen LogP) is 0.480. The van der Waals surface area contributed by atoms with Gasteiger partial charge in [-0.05, 0) is 0 Å². The van der Waals surface area contributed by atoms with Gasteiger partial charge >= 0.3 is 0 Å². The third kappa shape index (κ3) is 1.37. The zero-order valence-corrected chi connectivity index (χ0v) is 9.50. The maximum absolute atomic E-state index is 5.63. The largest absolute Gasteiger partial charge is 0.368 e. The molecule has 0 saturated heterocycles. The van der Waals surface area contributed by atoms with Crippen LogP contribution in [0, 0.1) is 0 Å². The first kappa shape index (κ1) is 9.13. The van der Waals surface area contributed by atoms with E-state index in [2.05, 4.69) is 39.6 Å². The highest BCUT2D eigenvalue weighted by Crippen LogP contribution is 2.09. The number of imidazole rings is 1. The quantitative estimate of drug-likeness (QED) is 0.666. The van der Waals surface area contributed by atoms with Crippen molar-refractivity contribution in [1.29, 1.82) is 0 Å². The van der Waals surface area contributed by atoms with Crippen LogP contribution in [0.1, 0.15) is 0 Å². The van der Waals surface area contributed by atoms with Crippen molar-refractivity contribution in [1.82, 2.24) is 19.9 Å². The SMILES string of the molecule is C[Si](C)(C)c1nc(N)nc2nc[nH]c12. The molecule has 14 heavy (non-hydrogen) atoms. The standard InChI is InChI=1S/C8H13N5Si/c1-14(2,3)7-5-6(11-4-10-5)12-8(9)13-7/h4H,1-3H3,(H3,9,10,11,12,13). The molecular weight excluding hydrogens is 194 g/mol. The van der Waals surface area contributed by atoms with Crippen molar-refractivity contribution in [2.24, 2.45) is 0 Å². The molecule has 2 aromatic heterocycles. The van der Waals surface area contributed by atoms with Crippen LogP contribution in [0.3, 0.4) is 0 Å². The van der Waals surface area contributed by atoms with Crippen molar-refractivity contribution in [3.05, 3.63) is 6.33 Å². The lowest BCUT2D eigenvalue weighted by Gasteiger charge is -2.15. The van der Waals surface area contributed by atoms with Gasteiger partial charge in [-0.2, -0.15) is 4.98 Å². The van der Waals surface area contributed by atoms with Gasteiger partial charge in [0.25, 0.3) is 0 Å². The summed E-state index contributed by atoms with van der Waals surface area (Å²) in [5.74, 6) is 0.307. The minimum atomic E-state index is -1.50. The molecule has 0 spiro atoms. The number of rotatable bonds is 1. The van der Waals surface area contributed by atoms with Gasteiger partial charge in [0, 0.05) is 0 Å². The summed E-state index contributed by atoms with van der Waals surface area (Å²) in [5, 5.41) is 1.04. The third-order valence-electron chi connectivity index (χ3n) is 2.01. The first-order chi connectivity index (χ1) is 6.48. The van der Waals surface area contributed by atoms with E-state index in [-0.39, 0.29) is 0 Å². The van der Waals surface area contributed by atoms with Gasteiger partial charge in [0.2, 0.25) is 5.95 Å². The highest BCUT2D eigenvalue weighted by Gasteiger charge is 2.23. The minimum absolute atomic E-state index is 0.307. The first-order valence-electron chi connectivity index (χ1n) is 4.45. The molecule has 5 nitrogen and oxygen atoms in total. The van der Waals surface area contributed by atoms with Crippen LogP contribution in [0.5, 0.6) is 0 Å². The molecule has 3 N–H and O–H groups in total. The monoisotopic (exact) mass is 207 g/mol. The van der Waals surface area contributed by atoms with Gasteiger partial charge in [-0.1, -0.05) is 19.6 Å². The molecule has 2 rings (SSSR count). The molecule has 2 aromatic rings. The average Bonchev–Trinajstić information content (AvgIpc) is 2.47. The lowest BCUT2D eigenvalue weighted by molar-refractivity contribution is 1.23. The Morgan fingerprint density at radius 2 is 2.00 bits per heavy atom. The summed E-state index contributed by atoms with van der Waals surface area (Å²) in [6, 6.07) is 0. The molecular formula is C8H13N5Si. The summed E-state index contributed by atoms with van der Waals surface area (Å²) in [7, 11) is -1.50. The number of nitrogens with zero attached hydrogens (tertiary/aromatic N) is 3. The van der Waals surface area contributed by atoms with E-state index < -0.39 is 8.07 Å². The lowest BCUT2D eigenvalue weighted by Crippen LogP contribution is -2.41. The Kier molecular flexibility index (Phi) is 1.81. The number of hydrogen-bond acceptors (Lipinski definition) is 4. The van der Waals surface area contributed by atoms with Crippen molar-refractivity contribution in [2.75, 3.05) is 5.73 Å². The van der Waals surface area contributed by atoms with E-state index in [9.17, 15) is 0 Å². The summed E-state index contributed by atoms with van der Waals surface area (Å²) >= 11 is 0. The number of nitrogen functional groups attached to an aromatic ring is 1. The summed E-state index contributed by atoms with van der Waals surface area (Å²) in [6.45, 7) is 6.65. The maximum atomic E-state index is 5.63. The Bertz CT molecular complexity index is 470. The van der Waals surface area contributed by atoms with E-state index in [0.717, 1.165) is 10.8 Å². The third-order valence-corrected chi connectivity index (χ3v) is 3.80. The van der Waals surface area contributed by atoms with Crippen LogP contribution in [0.4, 0.5) is 5.95 Å². The summed E-state index contributed by atoms with van der Waals surface area (Å²) in [4.78, 5) is 15.5. The smallest absolute Gasteiger partial charge is 0.222 e. The lowest BCUT2D eigenvalue weighted by atomic mass is 10.5. The summed E-state index contributed by atoms with van der Waals surface area (Å²) < 4.78 is 0. The Morgan fingerprint density at radius 1 is 1.29 bits per heavy atom. The molecule has 0 aliphatic rings. The van der Waals surface area contributed by atoms with E-state index in [1.54, 1.807) is 6.33 Å². The number of aromatic nitrogens is 4. The van der Waals surface area contributed by atoms with E-state index in [0.29, 0.717) is 11.6 Å². The predicted molar refractivity (Wildman–Crippen MR) is 59.1 cm³/mol. The summed E-state index contributed by atoms with van der Waals surface area (Å²) in [6.07, 6.45) is 1.63. The van der Waals surface area contributed by atoms with E-state index in [4.69, 9.17) is 5.73 Å². The Morgan fingerprint density at radius 3 is 2.64 bits per heavy atom. The molecule has 0 aliphatic heterocycles. The summed E-state index contributed by atoms with van der Waals surface area (Å²) in [5.41, 5.74) is 7.22. The fraction of sp³-hybridized carbons (Fsp3) is 0.375. The molecule has 0 aromatic carbocycles.